The third-order valence-electron chi connectivity index (χ3n) is 3.84. The van der Waals surface area contributed by atoms with Gasteiger partial charge >= 0.3 is 5.97 Å². The number of fused-ring (bicyclic) bond motifs is 1. The fourth-order valence-corrected chi connectivity index (χ4v) is 3.79. The molecular weight excluding hydrogens is 274 g/mol. The quantitative estimate of drug-likeness (QED) is 0.811. The summed E-state index contributed by atoms with van der Waals surface area (Å²) in [5, 5.41) is 1.15. The van der Waals surface area contributed by atoms with Crippen molar-refractivity contribution >= 4 is 33.3 Å². The Balaban J connectivity index is 1.95. The minimum Gasteiger partial charge on any atom is -0.469 e. The number of hydrogen-bond acceptors (Lipinski definition) is 6. The van der Waals surface area contributed by atoms with Gasteiger partial charge in [0.2, 0.25) is 0 Å². The van der Waals surface area contributed by atoms with Gasteiger partial charge in [-0.3, -0.25) is 4.79 Å². The van der Waals surface area contributed by atoms with Crippen LogP contribution in [0.15, 0.2) is 6.33 Å². The number of methoxy groups -OCH3 is 1. The van der Waals surface area contributed by atoms with Crippen molar-refractivity contribution in [2.24, 2.45) is 5.92 Å². The number of thiophene rings is 1. The lowest BCUT2D eigenvalue weighted by molar-refractivity contribution is -0.146. The van der Waals surface area contributed by atoms with E-state index in [2.05, 4.69) is 28.7 Å². The van der Waals surface area contributed by atoms with E-state index in [1.165, 1.54) is 17.6 Å². The summed E-state index contributed by atoms with van der Waals surface area (Å²) in [6.07, 6.45) is 2.58. The van der Waals surface area contributed by atoms with Crippen LogP contribution in [0.1, 0.15) is 17.4 Å². The lowest BCUT2D eigenvalue weighted by atomic mass is 9.99. The number of aromatic nitrogens is 2. The third-order valence-corrected chi connectivity index (χ3v) is 4.89. The highest BCUT2D eigenvalue weighted by Gasteiger charge is 2.35. The van der Waals surface area contributed by atoms with Gasteiger partial charge in [-0.25, -0.2) is 9.97 Å². The maximum atomic E-state index is 11.5. The second-order valence-electron chi connectivity index (χ2n) is 4.99. The van der Waals surface area contributed by atoms with Gasteiger partial charge in [0, 0.05) is 18.0 Å². The van der Waals surface area contributed by atoms with Gasteiger partial charge in [-0.15, -0.1) is 11.3 Å². The first-order valence-electron chi connectivity index (χ1n) is 6.71. The Morgan fingerprint density at radius 3 is 2.90 bits per heavy atom. The number of hydrogen-bond donors (Lipinski definition) is 0. The summed E-state index contributed by atoms with van der Waals surface area (Å²) in [5.74, 6) is 0.787. The van der Waals surface area contributed by atoms with Crippen LogP contribution >= 0.6 is 11.3 Å². The molecule has 1 saturated heterocycles. The molecule has 5 nitrogen and oxygen atoms in total. The molecule has 1 fully saturated rings. The summed E-state index contributed by atoms with van der Waals surface area (Å²) in [5.41, 5.74) is 1.32. The van der Waals surface area contributed by atoms with E-state index in [1.54, 1.807) is 17.7 Å². The normalized spacial score (nSPS) is 15.4. The van der Waals surface area contributed by atoms with Crippen LogP contribution in [0.5, 0.6) is 0 Å². The molecule has 0 amide bonds. The Kier molecular flexibility index (Phi) is 3.33. The summed E-state index contributed by atoms with van der Waals surface area (Å²) in [6.45, 7) is 5.63. The van der Waals surface area contributed by atoms with Crippen LogP contribution in [0.25, 0.3) is 10.2 Å². The molecule has 0 aromatic carbocycles. The lowest BCUT2D eigenvalue weighted by Gasteiger charge is -2.38. The Morgan fingerprint density at radius 1 is 1.50 bits per heavy atom. The van der Waals surface area contributed by atoms with E-state index < -0.39 is 0 Å². The maximum absolute atomic E-state index is 11.5. The van der Waals surface area contributed by atoms with Crippen molar-refractivity contribution in [1.82, 2.24) is 9.97 Å². The number of ether oxygens (including phenoxy) is 1. The van der Waals surface area contributed by atoms with Crippen LogP contribution < -0.4 is 4.90 Å². The number of anilines is 1. The molecule has 2 aromatic rings. The minimum atomic E-state index is -0.135. The van der Waals surface area contributed by atoms with Crippen molar-refractivity contribution in [2.75, 3.05) is 25.1 Å². The maximum Gasteiger partial charge on any atom is 0.312 e. The molecule has 3 heterocycles. The van der Waals surface area contributed by atoms with Crippen LogP contribution in [-0.4, -0.2) is 36.1 Å². The zero-order valence-electron chi connectivity index (χ0n) is 11.8. The lowest BCUT2D eigenvalue weighted by Crippen LogP contribution is -2.51. The molecule has 1 aliphatic rings. The molecular formula is C14H17N3O2S. The van der Waals surface area contributed by atoms with Gasteiger partial charge in [0.05, 0.1) is 18.4 Å². The standard InChI is InChI=1S/C14H17N3O2S/c1-4-10-8(2)20-13-11(10)12(15-7-16-13)17-5-9(6-17)14(18)19-3/h7,9H,4-6H2,1-3H3. The van der Waals surface area contributed by atoms with E-state index in [0.717, 1.165) is 22.5 Å². The van der Waals surface area contributed by atoms with Gasteiger partial charge < -0.3 is 9.64 Å². The van der Waals surface area contributed by atoms with E-state index in [9.17, 15) is 4.79 Å². The molecule has 0 radical (unpaired) electrons. The van der Waals surface area contributed by atoms with Crippen molar-refractivity contribution in [3.8, 4) is 0 Å². The first kappa shape index (κ1) is 13.3. The summed E-state index contributed by atoms with van der Waals surface area (Å²) < 4.78 is 4.78. The monoisotopic (exact) mass is 291 g/mol. The number of aryl methyl sites for hydroxylation is 2. The summed E-state index contributed by atoms with van der Waals surface area (Å²) >= 11 is 1.71. The van der Waals surface area contributed by atoms with Crippen LogP contribution in [0.3, 0.4) is 0 Å². The van der Waals surface area contributed by atoms with Gasteiger partial charge in [-0.1, -0.05) is 6.92 Å². The average molecular weight is 291 g/mol. The van der Waals surface area contributed by atoms with E-state index in [0.29, 0.717) is 13.1 Å². The highest BCUT2D eigenvalue weighted by molar-refractivity contribution is 7.18. The second kappa shape index (κ2) is 5.01. The number of rotatable bonds is 3. The Bertz CT molecular complexity index is 662. The molecule has 0 spiro atoms. The van der Waals surface area contributed by atoms with Crippen molar-refractivity contribution < 1.29 is 9.53 Å². The molecule has 2 aromatic heterocycles. The van der Waals surface area contributed by atoms with E-state index in [4.69, 9.17) is 4.74 Å². The van der Waals surface area contributed by atoms with Crippen molar-refractivity contribution in [1.29, 1.82) is 0 Å². The molecule has 1 aliphatic heterocycles. The molecule has 106 valence electrons. The van der Waals surface area contributed by atoms with Crippen LogP contribution in [-0.2, 0) is 16.0 Å². The number of carbonyl (C=O) groups is 1. The predicted molar refractivity (Wildman–Crippen MR) is 79.2 cm³/mol. The molecule has 0 aliphatic carbocycles. The van der Waals surface area contributed by atoms with Crippen LogP contribution in [0.4, 0.5) is 5.82 Å². The third kappa shape index (κ3) is 1.95. The van der Waals surface area contributed by atoms with Gasteiger partial charge in [-0.05, 0) is 18.9 Å². The molecule has 6 heteroatoms. The number of nitrogens with zero attached hydrogens (tertiary/aromatic N) is 3. The molecule has 20 heavy (non-hydrogen) atoms. The average Bonchev–Trinajstić information content (AvgIpc) is 2.72. The van der Waals surface area contributed by atoms with Crippen molar-refractivity contribution in [3.63, 3.8) is 0 Å². The summed E-state index contributed by atoms with van der Waals surface area (Å²) in [7, 11) is 1.44. The smallest absolute Gasteiger partial charge is 0.312 e. The molecule has 3 rings (SSSR count). The highest BCUT2D eigenvalue weighted by Crippen LogP contribution is 2.37. The Labute approximate surface area is 121 Å². The highest BCUT2D eigenvalue weighted by atomic mass is 32.1. The Hall–Kier alpha value is -1.69. The molecule has 0 bridgehead atoms. The van der Waals surface area contributed by atoms with E-state index in [1.807, 2.05) is 0 Å². The van der Waals surface area contributed by atoms with Crippen molar-refractivity contribution in [3.05, 3.63) is 16.8 Å². The zero-order chi connectivity index (χ0) is 14.3. The second-order valence-corrected chi connectivity index (χ2v) is 6.20. The first-order chi connectivity index (χ1) is 9.65. The predicted octanol–water partition coefficient (Wildman–Crippen LogP) is 2.17. The van der Waals surface area contributed by atoms with Gasteiger partial charge in [0.25, 0.3) is 0 Å². The fourth-order valence-electron chi connectivity index (χ4n) is 2.72. The summed E-state index contributed by atoms with van der Waals surface area (Å²) in [4.78, 5) is 24.8. The minimum absolute atomic E-state index is 0.0326. The topological polar surface area (TPSA) is 55.3 Å². The summed E-state index contributed by atoms with van der Waals surface area (Å²) in [6, 6.07) is 0. The Morgan fingerprint density at radius 2 is 2.25 bits per heavy atom. The van der Waals surface area contributed by atoms with Crippen molar-refractivity contribution in [2.45, 2.75) is 20.3 Å². The van der Waals surface area contributed by atoms with Crippen LogP contribution in [0, 0.1) is 12.8 Å². The number of esters is 1. The van der Waals surface area contributed by atoms with Gasteiger partial charge in [0.1, 0.15) is 17.0 Å². The molecule has 0 atom stereocenters. The first-order valence-corrected chi connectivity index (χ1v) is 7.53. The van der Waals surface area contributed by atoms with E-state index >= 15 is 0 Å². The number of carbonyl (C=O) groups excluding carboxylic acids is 1. The SMILES string of the molecule is CCc1c(C)sc2ncnc(N3CC(C(=O)OC)C3)c12. The van der Waals surface area contributed by atoms with Gasteiger partial charge in [-0.2, -0.15) is 0 Å². The molecule has 0 saturated carbocycles. The zero-order valence-corrected chi connectivity index (χ0v) is 12.7. The van der Waals surface area contributed by atoms with Gasteiger partial charge in [0.15, 0.2) is 0 Å². The largest absolute Gasteiger partial charge is 0.469 e. The van der Waals surface area contributed by atoms with Crippen LogP contribution in [0.2, 0.25) is 0 Å². The molecule has 0 unspecified atom stereocenters. The van der Waals surface area contributed by atoms with E-state index in [-0.39, 0.29) is 11.9 Å². The fraction of sp³-hybridized carbons (Fsp3) is 0.500. The molecule has 0 N–H and O–H groups in total.